The lowest BCUT2D eigenvalue weighted by Crippen LogP contribution is -2.15. The van der Waals surface area contributed by atoms with Crippen molar-refractivity contribution in [1.29, 1.82) is 0 Å². The van der Waals surface area contributed by atoms with Crippen LogP contribution in [0.4, 0.5) is 13.2 Å². The van der Waals surface area contributed by atoms with Gasteiger partial charge in [0.25, 0.3) is 0 Å². The predicted octanol–water partition coefficient (Wildman–Crippen LogP) is 4.75. The molecule has 2 aromatic rings. The Morgan fingerprint density at radius 1 is 1.05 bits per heavy atom. The number of nitrogens with two attached hydrogens (primary N) is 1. The molecule has 0 aliphatic rings. The molecule has 0 bridgehead atoms. The van der Waals surface area contributed by atoms with Crippen molar-refractivity contribution in [1.82, 2.24) is 0 Å². The van der Waals surface area contributed by atoms with Gasteiger partial charge in [0, 0.05) is 10.4 Å². The van der Waals surface area contributed by atoms with Crippen LogP contribution in [-0.2, 0) is 12.6 Å². The molecule has 0 heterocycles. The highest BCUT2D eigenvalue weighted by Crippen LogP contribution is 2.31. The van der Waals surface area contributed by atoms with Crippen LogP contribution in [0.2, 0.25) is 0 Å². The molecule has 2 N–H and O–H groups in total. The molecule has 0 radical (unpaired) electrons. The van der Waals surface area contributed by atoms with E-state index in [2.05, 4.69) is 15.9 Å². The van der Waals surface area contributed by atoms with Gasteiger partial charge in [-0.1, -0.05) is 46.3 Å². The molecule has 0 saturated heterocycles. The summed E-state index contributed by atoms with van der Waals surface area (Å²) in [7, 11) is 0. The van der Waals surface area contributed by atoms with Crippen molar-refractivity contribution in [3.8, 4) is 0 Å². The van der Waals surface area contributed by atoms with E-state index in [0.717, 1.165) is 16.1 Å². The molecule has 1 unspecified atom stereocenters. The van der Waals surface area contributed by atoms with Gasteiger partial charge in [-0.3, -0.25) is 0 Å². The topological polar surface area (TPSA) is 26.0 Å². The highest BCUT2D eigenvalue weighted by molar-refractivity contribution is 9.10. The molecule has 112 valence electrons. The lowest BCUT2D eigenvalue weighted by Gasteiger charge is -2.17. The van der Waals surface area contributed by atoms with Crippen molar-refractivity contribution >= 4 is 15.9 Å². The van der Waals surface area contributed by atoms with E-state index in [9.17, 15) is 13.2 Å². The minimum Gasteiger partial charge on any atom is -0.330 e. The van der Waals surface area contributed by atoms with Crippen LogP contribution in [0, 0.1) is 0 Å². The van der Waals surface area contributed by atoms with Crippen LogP contribution in [0.25, 0.3) is 0 Å². The maximum atomic E-state index is 12.7. The Balaban J connectivity index is 2.23. The summed E-state index contributed by atoms with van der Waals surface area (Å²) in [5, 5.41) is 0. The number of benzene rings is 2. The summed E-state index contributed by atoms with van der Waals surface area (Å²) in [4.78, 5) is 0. The van der Waals surface area contributed by atoms with Crippen molar-refractivity contribution < 1.29 is 13.2 Å². The van der Waals surface area contributed by atoms with E-state index in [1.54, 1.807) is 6.07 Å². The van der Waals surface area contributed by atoms with E-state index in [-0.39, 0.29) is 5.92 Å². The molecule has 0 amide bonds. The smallest absolute Gasteiger partial charge is 0.330 e. The number of hydrogen-bond donors (Lipinski definition) is 1. The molecule has 0 spiro atoms. The van der Waals surface area contributed by atoms with Crippen molar-refractivity contribution in [3.63, 3.8) is 0 Å². The van der Waals surface area contributed by atoms with Crippen LogP contribution in [0.5, 0.6) is 0 Å². The van der Waals surface area contributed by atoms with Gasteiger partial charge in [-0.2, -0.15) is 13.2 Å². The molecule has 1 atom stereocenters. The summed E-state index contributed by atoms with van der Waals surface area (Å²) in [6.07, 6.45) is -3.83. The van der Waals surface area contributed by atoms with Crippen LogP contribution in [0.15, 0.2) is 53.0 Å². The fourth-order valence-corrected chi connectivity index (χ4v) is 2.67. The number of rotatable bonds is 4. The quantitative estimate of drug-likeness (QED) is 0.839. The second-order valence-corrected chi connectivity index (χ2v) is 5.81. The molecule has 2 aromatic carbocycles. The zero-order chi connectivity index (χ0) is 15.5. The van der Waals surface area contributed by atoms with Crippen LogP contribution < -0.4 is 5.73 Å². The van der Waals surface area contributed by atoms with Gasteiger partial charge in [-0.25, -0.2) is 0 Å². The van der Waals surface area contributed by atoms with Crippen LogP contribution in [0.1, 0.15) is 22.6 Å². The maximum absolute atomic E-state index is 12.7. The monoisotopic (exact) mass is 357 g/mol. The molecular weight excluding hydrogens is 343 g/mol. The lowest BCUT2D eigenvalue weighted by atomic mass is 9.91. The van der Waals surface area contributed by atoms with Crippen molar-refractivity contribution in [2.45, 2.75) is 18.5 Å². The summed E-state index contributed by atoms with van der Waals surface area (Å²) in [6, 6.07) is 13.1. The molecule has 5 heteroatoms. The summed E-state index contributed by atoms with van der Waals surface area (Å²) < 4.78 is 39.1. The molecule has 21 heavy (non-hydrogen) atoms. The predicted molar refractivity (Wildman–Crippen MR) is 81.1 cm³/mol. The Bertz CT molecular complexity index is 610. The van der Waals surface area contributed by atoms with E-state index in [0.29, 0.717) is 18.5 Å². The molecule has 2 rings (SSSR count). The number of alkyl halides is 3. The average Bonchev–Trinajstić information content (AvgIpc) is 2.44. The molecule has 0 aliphatic carbocycles. The Labute approximate surface area is 130 Å². The van der Waals surface area contributed by atoms with E-state index in [1.165, 1.54) is 12.1 Å². The van der Waals surface area contributed by atoms with Gasteiger partial charge in [0.15, 0.2) is 0 Å². The fraction of sp³-hybridized carbons (Fsp3) is 0.250. The molecule has 0 saturated carbocycles. The second kappa shape index (κ2) is 6.62. The van der Waals surface area contributed by atoms with Crippen LogP contribution in [0.3, 0.4) is 0 Å². The van der Waals surface area contributed by atoms with Gasteiger partial charge in [0.2, 0.25) is 0 Å². The van der Waals surface area contributed by atoms with E-state index in [4.69, 9.17) is 5.73 Å². The normalized spacial score (nSPS) is 13.2. The zero-order valence-corrected chi connectivity index (χ0v) is 12.8. The summed E-state index contributed by atoms with van der Waals surface area (Å²) in [5.74, 6) is -0.00835. The largest absolute Gasteiger partial charge is 0.416 e. The summed E-state index contributed by atoms with van der Waals surface area (Å²) in [6.45, 7) is 0.382. The fourth-order valence-electron chi connectivity index (χ4n) is 2.26. The standard InChI is InChI=1S/C16H15BrF3N/c17-15-6-2-4-12(9-15)13(10-21)7-11-3-1-5-14(8-11)16(18,19)20/h1-6,8-9,13H,7,10,21H2. The van der Waals surface area contributed by atoms with Gasteiger partial charge in [0.1, 0.15) is 0 Å². The van der Waals surface area contributed by atoms with Crippen LogP contribution in [-0.4, -0.2) is 6.54 Å². The van der Waals surface area contributed by atoms with Gasteiger partial charge >= 0.3 is 6.18 Å². The first-order chi connectivity index (χ1) is 9.90. The van der Waals surface area contributed by atoms with Gasteiger partial charge in [0.05, 0.1) is 5.56 Å². The molecular formula is C16H15BrF3N. The first-order valence-corrected chi connectivity index (χ1v) is 7.31. The minimum absolute atomic E-state index is 0.00835. The Kier molecular flexibility index (Phi) is 5.06. The van der Waals surface area contributed by atoms with E-state index < -0.39 is 11.7 Å². The van der Waals surface area contributed by atoms with Crippen molar-refractivity contribution in [2.24, 2.45) is 5.73 Å². The van der Waals surface area contributed by atoms with E-state index >= 15 is 0 Å². The first kappa shape index (κ1) is 16.0. The van der Waals surface area contributed by atoms with Crippen LogP contribution >= 0.6 is 15.9 Å². The third-order valence-corrected chi connectivity index (χ3v) is 3.83. The minimum atomic E-state index is -4.32. The SMILES string of the molecule is NCC(Cc1cccc(C(F)(F)F)c1)c1cccc(Br)c1. The second-order valence-electron chi connectivity index (χ2n) is 4.89. The summed E-state index contributed by atoms with van der Waals surface area (Å²) in [5.41, 5.74) is 6.83. The molecule has 0 aliphatic heterocycles. The molecule has 0 aromatic heterocycles. The van der Waals surface area contributed by atoms with Crippen molar-refractivity contribution in [3.05, 3.63) is 69.7 Å². The lowest BCUT2D eigenvalue weighted by molar-refractivity contribution is -0.137. The third-order valence-electron chi connectivity index (χ3n) is 3.34. The highest BCUT2D eigenvalue weighted by atomic mass is 79.9. The maximum Gasteiger partial charge on any atom is 0.416 e. The Morgan fingerprint density at radius 2 is 1.76 bits per heavy atom. The molecule has 0 fully saturated rings. The van der Waals surface area contributed by atoms with Gasteiger partial charge in [-0.05, 0) is 42.3 Å². The third kappa shape index (κ3) is 4.32. The van der Waals surface area contributed by atoms with Gasteiger partial charge < -0.3 is 5.73 Å². The Hall–Kier alpha value is -1.33. The Morgan fingerprint density at radius 3 is 2.38 bits per heavy atom. The number of halogens is 4. The highest BCUT2D eigenvalue weighted by Gasteiger charge is 2.30. The zero-order valence-electron chi connectivity index (χ0n) is 11.2. The average molecular weight is 358 g/mol. The first-order valence-electron chi connectivity index (χ1n) is 6.52. The van der Waals surface area contributed by atoms with Gasteiger partial charge in [-0.15, -0.1) is 0 Å². The summed E-state index contributed by atoms with van der Waals surface area (Å²) >= 11 is 3.39. The van der Waals surface area contributed by atoms with E-state index in [1.807, 2.05) is 24.3 Å². The molecule has 1 nitrogen and oxygen atoms in total. The number of hydrogen-bond acceptors (Lipinski definition) is 1. The van der Waals surface area contributed by atoms with Crippen molar-refractivity contribution in [2.75, 3.05) is 6.54 Å².